The Morgan fingerprint density at radius 3 is 2.58 bits per heavy atom. The summed E-state index contributed by atoms with van der Waals surface area (Å²) in [4.78, 5) is 33.9. The zero-order valence-corrected chi connectivity index (χ0v) is 17.1. The molecule has 5 rings (SSSR count). The van der Waals surface area contributed by atoms with Crippen molar-refractivity contribution in [3.05, 3.63) is 60.2 Å². The Morgan fingerprint density at radius 1 is 1.19 bits per heavy atom. The van der Waals surface area contributed by atoms with Gasteiger partial charge in [-0.05, 0) is 23.8 Å². The van der Waals surface area contributed by atoms with E-state index in [0.29, 0.717) is 37.1 Å². The molecule has 2 aliphatic rings. The van der Waals surface area contributed by atoms with Crippen LogP contribution in [0.15, 0.2) is 49.1 Å². The SMILES string of the molecule is CN(CCO)C(=O)c1ccc2c(c1)N(c1ncc(-c3ncccn3)cn1)CC21COC1. The number of carbonyl (C=O) groups excluding carboxylic acids is 1. The third-order valence-electron chi connectivity index (χ3n) is 5.81. The Labute approximate surface area is 179 Å². The predicted octanol–water partition coefficient (Wildman–Crippen LogP) is 1.42. The summed E-state index contributed by atoms with van der Waals surface area (Å²) in [5.41, 5.74) is 3.24. The highest BCUT2D eigenvalue weighted by atomic mass is 16.5. The summed E-state index contributed by atoms with van der Waals surface area (Å²) < 4.78 is 5.54. The van der Waals surface area contributed by atoms with E-state index in [9.17, 15) is 4.79 Å². The van der Waals surface area contributed by atoms with Gasteiger partial charge in [-0.25, -0.2) is 19.9 Å². The van der Waals surface area contributed by atoms with E-state index in [4.69, 9.17) is 9.84 Å². The van der Waals surface area contributed by atoms with E-state index in [1.54, 1.807) is 37.9 Å². The molecule has 1 N–H and O–H groups in total. The van der Waals surface area contributed by atoms with Gasteiger partial charge in [0.1, 0.15) is 0 Å². The van der Waals surface area contributed by atoms with E-state index in [-0.39, 0.29) is 24.5 Å². The van der Waals surface area contributed by atoms with E-state index < -0.39 is 0 Å². The van der Waals surface area contributed by atoms with Crippen molar-refractivity contribution in [1.82, 2.24) is 24.8 Å². The smallest absolute Gasteiger partial charge is 0.253 e. The number of aliphatic hydroxyl groups is 1. The maximum absolute atomic E-state index is 12.8. The van der Waals surface area contributed by atoms with Gasteiger partial charge < -0.3 is 19.6 Å². The Balaban J connectivity index is 1.50. The number of nitrogens with zero attached hydrogens (tertiary/aromatic N) is 6. The molecule has 0 atom stereocenters. The van der Waals surface area contributed by atoms with Crippen LogP contribution in [-0.2, 0) is 10.2 Å². The molecule has 9 nitrogen and oxygen atoms in total. The van der Waals surface area contributed by atoms with Gasteiger partial charge in [-0.1, -0.05) is 6.07 Å². The number of aromatic nitrogens is 4. The van der Waals surface area contributed by atoms with Crippen molar-refractivity contribution in [2.24, 2.45) is 0 Å². The summed E-state index contributed by atoms with van der Waals surface area (Å²) in [5, 5.41) is 9.15. The second-order valence-corrected chi connectivity index (χ2v) is 7.89. The highest BCUT2D eigenvalue weighted by molar-refractivity contribution is 5.96. The van der Waals surface area contributed by atoms with Crippen LogP contribution in [0.25, 0.3) is 11.4 Å². The number of hydrogen-bond acceptors (Lipinski definition) is 8. The number of rotatable bonds is 5. The fourth-order valence-electron chi connectivity index (χ4n) is 4.08. The van der Waals surface area contributed by atoms with E-state index in [1.807, 2.05) is 23.1 Å². The zero-order chi connectivity index (χ0) is 21.4. The number of likely N-dealkylation sites (N-methyl/N-ethyl adjacent to an activating group) is 1. The molecule has 0 bridgehead atoms. The van der Waals surface area contributed by atoms with Crippen molar-refractivity contribution in [2.45, 2.75) is 5.41 Å². The fraction of sp³-hybridized carbons (Fsp3) is 0.318. The van der Waals surface area contributed by atoms with Crippen LogP contribution in [0.3, 0.4) is 0 Å². The molecule has 158 valence electrons. The van der Waals surface area contributed by atoms with Crippen LogP contribution < -0.4 is 4.90 Å². The Kier molecular flexibility index (Phi) is 4.84. The van der Waals surface area contributed by atoms with Crippen LogP contribution in [0.1, 0.15) is 15.9 Å². The standard InChI is InChI=1S/C22H22N6O3/c1-27(7-8-29)20(30)15-3-4-17-18(9-15)28(12-22(17)13-31-14-22)21-25-10-16(11-26-21)19-23-5-2-6-24-19/h2-6,9-11,29H,7-8,12-14H2,1H3. The maximum Gasteiger partial charge on any atom is 0.253 e. The molecule has 1 saturated heterocycles. The number of benzene rings is 1. The molecule has 1 amide bonds. The molecular weight excluding hydrogens is 396 g/mol. The molecule has 1 fully saturated rings. The summed E-state index contributed by atoms with van der Waals surface area (Å²) in [6.45, 7) is 2.15. The fourth-order valence-corrected chi connectivity index (χ4v) is 4.08. The summed E-state index contributed by atoms with van der Waals surface area (Å²) in [6, 6.07) is 7.49. The highest BCUT2D eigenvalue weighted by Crippen LogP contribution is 2.47. The first-order chi connectivity index (χ1) is 15.1. The molecule has 4 heterocycles. The minimum atomic E-state index is -0.139. The molecule has 2 aliphatic heterocycles. The number of anilines is 2. The lowest BCUT2D eigenvalue weighted by molar-refractivity contribution is -0.0507. The Hall–Kier alpha value is -3.43. The van der Waals surface area contributed by atoms with Crippen molar-refractivity contribution in [1.29, 1.82) is 0 Å². The molecule has 0 radical (unpaired) electrons. The van der Waals surface area contributed by atoms with Gasteiger partial charge in [0.25, 0.3) is 5.91 Å². The summed E-state index contributed by atoms with van der Waals surface area (Å²) in [7, 11) is 1.68. The lowest BCUT2D eigenvalue weighted by Crippen LogP contribution is -2.49. The second-order valence-electron chi connectivity index (χ2n) is 7.89. The predicted molar refractivity (Wildman–Crippen MR) is 113 cm³/mol. The van der Waals surface area contributed by atoms with Gasteiger partial charge in [0, 0.05) is 56.2 Å². The van der Waals surface area contributed by atoms with Crippen molar-refractivity contribution in [3.63, 3.8) is 0 Å². The minimum absolute atomic E-state index is 0.0783. The Bertz CT molecular complexity index is 1100. The number of ether oxygens (including phenoxy) is 1. The lowest BCUT2D eigenvalue weighted by atomic mass is 9.80. The average Bonchev–Trinajstić information content (AvgIpc) is 3.15. The number of hydrogen-bond donors (Lipinski definition) is 1. The van der Waals surface area contributed by atoms with Crippen LogP contribution in [0.5, 0.6) is 0 Å². The van der Waals surface area contributed by atoms with Crippen LogP contribution in [0, 0.1) is 0 Å². The van der Waals surface area contributed by atoms with Crippen LogP contribution in [-0.4, -0.2) is 75.8 Å². The highest BCUT2D eigenvalue weighted by Gasteiger charge is 2.49. The summed E-state index contributed by atoms with van der Waals surface area (Å²) >= 11 is 0. The lowest BCUT2D eigenvalue weighted by Gasteiger charge is -2.38. The molecule has 2 aromatic heterocycles. The van der Waals surface area contributed by atoms with Crippen molar-refractivity contribution in [3.8, 4) is 11.4 Å². The minimum Gasteiger partial charge on any atom is -0.395 e. The van der Waals surface area contributed by atoms with Crippen LogP contribution in [0.4, 0.5) is 11.6 Å². The van der Waals surface area contributed by atoms with Gasteiger partial charge >= 0.3 is 0 Å². The van der Waals surface area contributed by atoms with E-state index in [2.05, 4.69) is 19.9 Å². The maximum atomic E-state index is 12.8. The zero-order valence-electron chi connectivity index (χ0n) is 17.1. The molecule has 3 aromatic rings. The number of amides is 1. The molecular formula is C22H22N6O3. The number of aliphatic hydroxyl groups excluding tert-OH is 1. The second kappa shape index (κ2) is 7.68. The first kappa shape index (κ1) is 19.5. The quantitative estimate of drug-likeness (QED) is 0.663. The Morgan fingerprint density at radius 2 is 1.94 bits per heavy atom. The third kappa shape index (κ3) is 3.31. The first-order valence-corrected chi connectivity index (χ1v) is 10.1. The van der Waals surface area contributed by atoms with Crippen LogP contribution >= 0.6 is 0 Å². The number of fused-ring (bicyclic) bond motifs is 2. The summed E-state index contributed by atoms with van der Waals surface area (Å²) in [5.74, 6) is 0.984. The number of carbonyl (C=O) groups is 1. The van der Waals surface area contributed by atoms with Gasteiger partial charge in [-0.15, -0.1) is 0 Å². The first-order valence-electron chi connectivity index (χ1n) is 10.1. The van der Waals surface area contributed by atoms with E-state index in [0.717, 1.165) is 16.8 Å². The topological polar surface area (TPSA) is 105 Å². The van der Waals surface area contributed by atoms with Gasteiger partial charge in [0.15, 0.2) is 5.82 Å². The third-order valence-corrected chi connectivity index (χ3v) is 5.81. The molecule has 0 unspecified atom stereocenters. The van der Waals surface area contributed by atoms with E-state index >= 15 is 0 Å². The molecule has 31 heavy (non-hydrogen) atoms. The van der Waals surface area contributed by atoms with Crippen molar-refractivity contribution < 1.29 is 14.6 Å². The average molecular weight is 418 g/mol. The van der Waals surface area contributed by atoms with Gasteiger partial charge in [-0.2, -0.15) is 0 Å². The molecule has 1 spiro atoms. The van der Waals surface area contributed by atoms with E-state index in [1.165, 1.54) is 4.90 Å². The normalized spacial score (nSPS) is 16.1. The van der Waals surface area contributed by atoms with Gasteiger partial charge in [0.2, 0.25) is 5.95 Å². The molecule has 0 aliphatic carbocycles. The molecule has 1 aromatic carbocycles. The monoisotopic (exact) mass is 418 g/mol. The van der Waals surface area contributed by atoms with Crippen molar-refractivity contribution in [2.75, 3.05) is 44.9 Å². The largest absolute Gasteiger partial charge is 0.395 e. The van der Waals surface area contributed by atoms with Gasteiger partial charge in [-0.3, -0.25) is 4.79 Å². The molecule has 9 heteroatoms. The molecule has 0 saturated carbocycles. The summed E-state index contributed by atoms with van der Waals surface area (Å²) in [6.07, 6.45) is 6.78. The van der Waals surface area contributed by atoms with Crippen LogP contribution in [0.2, 0.25) is 0 Å². The van der Waals surface area contributed by atoms with Crippen molar-refractivity contribution >= 4 is 17.5 Å². The van der Waals surface area contributed by atoms with Gasteiger partial charge in [0.05, 0.1) is 30.8 Å².